The van der Waals surface area contributed by atoms with E-state index < -0.39 is 0 Å². The van der Waals surface area contributed by atoms with E-state index in [2.05, 4.69) is 19.2 Å². The Morgan fingerprint density at radius 2 is 2.00 bits per heavy atom. The number of hydrogen-bond donors (Lipinski definition) is 1. The molecule has 3 heteroatoms. The van der Waals surface area contributed by atoms with Gasteiger partial charge in [-0.05, 0) is 42.8 Å². The summed E-state index contributed by atoms with van der Waals surface area (Å²) in [5.41, 5.74) is 3.19. The number of halogens is 1. The molecule has 19 heavy (non-hydrogen) atoms. The fraction of sp³-hybridized carbons (Fsp3) is 0.375. The van der Waals surface area contributed by atoms with Crippen molar-refractivity contribution in [3.05, 3.63) is 58.8 Å². The van der Waals surface area contributed by atoms with E-state index in [0.29, 0.717) is 0 Å². The fourth-order valence-corrected chi connectivity index (χ4v) is 2.45. The Labute approximate surface area is 113 Å². The lowest BCUT2D eigenvalue weighted by Gasteiger charge is -2.20. The number of rotatable bonds is 5. The number of benzene rings is 1. The highest BCUT2D eigenvalue weighted by atomic mass is 19.1. The Morgan fingerprint density at radius 3 is 2.63 bits per heavy atom. The summed E-state index contributed by atoms with van der Waals surface area (Å²) < 4.78 is 18.8. The Kier molecular flexibility index (Phi) is 4.38. The monoisotopic (exact) mass is 261 g/mol. The van der Waals surface area contributed by atoms with Crippen molar-refractivity contribution < 1.29 is 8.81 Å². The molecule has 0 spiro atoms. The SMILES string of the molecule is CCNC(c1ccc(F)cc1C)c1ccoc1CC. The van der Waals surface area contributed by atoms with Gasteiger partial charge in [0, 0.05) is 12.0 Å². The van der Waals surface area contributed by atoms with Crippen LogP contribution in [0.5, 0.6) is 0 Å². The van der Waals surface area contributed by atoms with Crippen LogP contribution in [-0.2, 0) is 6.42 Å². The first-order valence-corrected chi connectivity index (χ1v) is 6.73. The van der Waals surface area contributed by atoms with Crippen LogP contribution < -0.4 is 5.32 Å². The molecule has 1 heterocycles. The minimum absolute atomic E-state index is 0.0549. The zero-order chi connectivity index (χ0) is 13.8. The van der Waals surface area contributed by atoms with Crippen LogP contribution in [0.1, 0.15) is 42.3 Å². The normalized spacial score (nSPS) is 12.6. The van der Waals surface area contributed by atoms with Crippen LogP contribution in [0.25, 0.3) is 0 Å². The average Bonchev–Trinajstić information content (AvgIpc) is 2.85. The second-order valence-electron chi connectivity index (χ2n) is 4.64. The van der Waals surface area contributed by atoms with Gasteiger partial charge in [-0.15, -0.1) is 0 Å². The van der Waals surface area contributed by atoms with Crippen molar-refractivity contribution in [3.63, 3.8) is 0 Å². The summed E-state index contributed by atoms with van der Waals surface area (Å²) in [7, 11) is 0. The van der Waals surface area contributed by atoms with Gasteiger partial charge < -0.3 is 9.73 Å². The van der Waals surface area contributed by atoms with Gasteiger partial charge in [0.2, 0.25) is 0 Å². The van der Waals surface area contributed by atoms with Gasteiger partial charge in [-0.1, -0.05) is 19.9 Å². The first-order chi connectivity index (χ1) is 9.17. The maximum Gasteiger partial charge on any atom is 0.123 e. The van der Waals surface area contributed by atoms with E-state index in [0.717, 1.165) is 35.4 Å². The molecule has 0 saturated heterocycles. The molecule has 2 aromatic rings. The van der Waals surface area contributed by atoms with E-state index in [1.165, 1.54) is 6.07 Å². The highest BCUT2D eigenvalue weighted by Gasteiger charge is 2.19. The topological polar surface area (TPSA) is 25.2 Å². The lowest BCUT2D eigenvalue weighted by atomic mass is 9.94. The Balaban J connectivity index is 2.45. The molecule has 0 aliphatic rings. The molecular formula is C16H20FNO. The highest BCUT2D eigenvalue weighted by Crippen LogP contribution is 2.28. The van der Waals surface area contributed by atoms with Crippen LogP contribution in [0, 0.1) is 12.7 Å². The molecule has 1 N–H and O–H groups in total. The lowest BCUT2D eigenvalue weighted by Crippen LogP contribution is -2.23. The molecule has 1 unspecified atom stereocenters. The minimum Gasteiger partial charge on any atom is -0.469 e. The van der Waals surface area contributed by atoms with Gasteiger partial charge in [-0.3, -0.25) is 0 Å². The molecule has 2 nitrogen and oxygen atoms in total. The standard InChI is InChI=1S/C16H20FNO/c1-4-15-14(8-9-19-15)16(18-5-2)13-7-6-12(17)10-11(13)3/h6-10,16,18H,4-5H2,1-3H3. The number of hydrogen-bond acceptors (Lipinski definition) is 2. The fourth-order valence-electron chi connectivity index (χ4n) is 2.45. The van der Waals surface area contributed by atoms with Gasteiger partial charge in [0.1, 0.15) is 11.6 Å². The van der Waals surface area contributed by atoms with Crippen molar-refractivity contribution in [3.8, 4) is 0 Å². The number of nitrogens with one attached hydrogen (secondary N) is 1. The minimum atomic E-state index is -0.195. The molecule has 0 bridgehead atoms. The van der Waals surface area contributed by atoms with E-state index in [1.807, 2.05) is 19.1 Å². The Hall–Kier alpha value is -1.61. The predicted molar refractivity (Wildman–Crippen MR) is 74.7 cm³/mol. The van der Waals surface area contributed by atoms with Crippen LogP contribution in [-0.4, -0.2) is 6.54 Å². The van der Waals surface area contributed by atoms with Crippen LogP contribution in [0.4, 0.5) is 4.39 Å². The molecule has 1 aromatic carbocycles. The van der Waals surface area contributed by atoms with Crippen molar-refractivity contribution in [2.75, 3.05) is 6.54 Å². The van der Waals surface area contributed by atoms with Gasteiger partial charge in [-0.25, -0.2) is 4.39 Å². The van der Waals surface area contributed by atoms with Crippen LogP contribution in [0.15, 0.2) is 34.9 Å². The summed E-state index contributed by atoms with van der Waals surface area (Å²) in [4.78, 5) is 0. The predicted octanol–water partition coefficient (Wildman–Crippen LogP) is 3.99. The van der Waals surface area contributed by atoms with E-state index in [-0.39, 0.29) is 11.9 Å². The lowest BCUT2D eigenvalue weighted by molar-refractivity contribution is 0.501. The molecular weight excluding hydrogens is 241 g/mol. The molecule has 1 aromatic heterocycles. The highest BCUT2D eigenvalue weighted by molar-refractivity contribution is 5.38. The number of furan rings is 1. The van der Waals surface area contributed by atoms with Crippen molar-refractivity contribution in [2.24, 2.45) is 0 Å². The summed E-state index contributed by atoms with van der Waals surface area (Å²) in [5, 5.41) is 3.45. The maximum atomic E-state index is 13.2. The van der Waals surface area contributed by atoms with Crippen molar-refractivity contribution in [1.82, 2.24) is 5.32 Å². The quantitative estimate of drug-likeness (QED) is 0.880. The Morgan fingerprint density at radius 1 is 1.21 bits per heavy atom. The van der Waals surface area contributed by atoms with Gasteiger partial charge in [0.05, 0.1) is 12.3 Å². The first kappa shape index (κ1) is 13.8. The van der Waals surface area contributed by atoms with Crippen LogP contribution in [0.3, 0.4) is 0 Å². The van der Waals surface area contributed by atoms with Gasteiger partial charge in [0.15, 0.2) is 0 Å². The molecule has 0 aliphatic carbocycles. The zero-order valence-electron chi connectivity index (χ0n) is 11.7. The van der Waals surface area contributed by atoms with E-state index in [1.54, 1.807) is 12.3 Å². The van der Waals surface area contributed by atoms with Crippen molar-refractivity contribution >= 4 is 0 Å². The van der Waals surface area contributed by atoms with E-state index in [4.69, 9.17) is 4.42 Å². The summed E-state index contributed by atoms with van der Waals surface area (Å²) in [6, 6.07) is 6.99. The summed E-state index contributed by atoms with van der Waals surface area (Å²) in [6.07, 6.45) is 2.57. The largest absolute Gasteiger partial charge is 0.469 e. The van der Waals surface area contributed by atoms with Crippen molar-refractivity contribution in [1.29, 1.82) is 0 Å². The van der Waals surface area contributed by atoms with E-state index >= 15 is 0 Å². The van der Waals surface area contributed by atoms with Gasteiger partial charge >= 0.3 is 0 Å². The number of aryl methyl sites for hydroxylation is 2. The first-order valence-electron chi connectivity index (χ1n) is 6.73. The average molecular weight is 261 g/mol. The second-order valence-corrected chi connectivity index (χ2v) is 4.64. The molecule has 0 saturated carbocycles. The molecule has 0 aliphatic heterocycles. The molecule has 0 amide bonds. The molecule has 1 atom stereocenters. The van der Waals surface area contributed by atoms with Crippen molar-refractivity contribution in [2.45, 2.75) is 33.2 Å². The third-order valence-electron chi connectivity index (χ3n) is 3.36. The summed E-state index contributed by atoms with van der Waals surface area (Å²) >= 11 is 0. The second kappa shape index (κ2) is 6.02. The zero-order valence-corrected chi connectivity index (χ0v) is 11.7. The smallest absolute Gasteiger partial charge is 0.123 e. The molecule has 102 valence electrons. The van der Waals surface area contributed by atoms with Gasteiger partial charge in [0.25, 0.3) is 0 Å². The third-order valence-corrected chi connectivity index (χ3v) is 3.36. The van der Waals surface area contributed by atoms with Crippen LogP contribution in [0.2, 0.25) is 0 Å². The maximum absolute atomic E-state index is 13.2. The third kappa shape index (κ3) is 2.87. The van der Waals surface area contributed by atoms with Crippen LogP contribution >= 0.6 is 0 Å². The Bertz CT molecular complexity index is 547. The summed E-state index contributed by atoms with van der Waals surface area (Å²) in [5.74, 6) is 0.786. The van der Waals surface area contributed by atoms with E-state index in [9.17, 15) is 4.39 Å². The molecule has 0 fully saturated rings. The van der Waals surface area contributed by atoms with Gasteiger partial charge in [-0.2, -0.15) is 0 Å². The molecule has 2 rings (SSSR count). The summed E-state index contributed by atoms with van der Waals surface area (Å²) in [6.45, 7) is 6.92. The molecule has 0 radical (unpaired) electrons.